The molecule has 1 aromatic carbocycles. The molecule has 1 atom stereocenters. The van der Waals surface area contributed by atoms with Crippen molar-refractivity contribution in [2.24, 2.45) is 5.92 Å². The molecular weight excluding hydrogens is 286 g/mol. The third kappa shape index (κ3) is 5.63. The Kier molecular flexibility index (Phi) is 7.06. The highest BCUT2D eigenvalue weighted by Crippen LogP contribution is 2.10. The van der Waals surface area contributed by atoms with E-state index in [-0.39, 0.29) is 11.8 Å². The van der Waals surface area contributed by atoms with Crippen molar-refractivity contribution in [3.8, 4) is 0 Å². The van der Waals surface area contributed by atoms with Crippen LogP contribution in [0.3, 0.4) is 0 Å². The minimum atomic E-state index is 0.0936. The normalized spacial score (nSPS) is 17.9. The first kappa shape index (κ1) is 18.0. The van der Waals surface area contributed by atoms with Crippen LogP contribution >= 0.6 is 0 Å². The molecule has 0 radical (unpaired) electrons. The van der Waals surface area contributed by atoms with Crippen LogP contribution in [-0.4, -0.2) is 48.4 Å². The molecule has 0 aliphatic carbocycles. The topological polar surface area (TPSA) is 35.6 Å². The maximum Gasteiger partial charge on any atom is 0.223 e. The first-order chi connectivity index (χ1) is 11.1. The van der Waals surface area contributed by atoms with E-state index in [1.165, 1.54) is 24.2 Å². The summed E-state index contributed by atoms with van der Waals surface area (Å²) in [6, 6.07) is 8.65. The van der Waals surface area contributed by atoms with Crippen LogP contribution in [0.5, 0.6) is 0 Å². The van der Waals surface area contributed by atoms with Gasteiger partial charge in [-0.1, -0.05) is 45.0 Å². The highest BCUT2D eigenvalue weighted by Gasteiger charge is 2.15. The second-order valence-corrected chi connectivity index (χ2v) is 6.55. The largest absolute Gasteiger partial charge is 0.352 e. The first-order valence-electron chi connectivity index (χ1n) is 8.92. The molecule has 1 aromatic rings. The Morgan fingerprint density at radius 2 is 1.61 bits per heavy atom. The molecule has 0 unspecified atom stereocenters. The van der Waals surface area contributed by atoms with Crippen molar-refractivity contribution >= 4 is 5.91 Å². The van der Waals surface area contributed by atoms with Crippen LogP contribution in [0.15, 0.2) is 24.3 Å². The second kappa shape index (κ2) is 9.04. The minimum Gasteiger partial charge on any atom is -0.352 e. The van der Waals surface area contributed by atoms with Gasteiger partial charge in [0.05, 0.1) is 0 Å². The summed E-state index contributed by atoms with van der Waals surface area (Å²) in [5.74, 6) is 0.237. The fraction of sp³-hybridized carbons (Fsp3) is 0.632. The van der Waals surface area contributed by atoms with Gasteiger partial charge in [0.2, 0.25) is 5.91 Å². The predicted octanol–water partition coefficient (Wildman–Crippen LogP) is 2.49. The van der Waals surface area contributed by atoms with Crippen LogP contribution in [0.25, 0.3) is 0 Å². The van der Waals surface area contributed by atoms with Crippen molar-refractivity contribution in [2.45, 2.75) is 40.3 Å². The molecular formula is C19H31N3O. The summed E-state index contributed by atoms with van der Waals surface area (Å²) in [7, 11) is 0. The average Bonchev–Trinajstić information content (AvgIpc) is 2.60. The van der Waals surface area contributed by atoms with E-state index < -0.39 is 0 Å². The lowest BCUT2D eigenvalue weighted by molar-refractivity contribution is -0.124. The molecule has 1 aliphatic rings. The molecule has 1 amide bonds. The van der Waals surface area contributed by atoms with Gasteiger partial charge in [-0.3, -0.25) is 9.69 Å². The molecule has 1 fully saturated rings. The number of hydrogen-bond acceptors (Lipinski definition) is 3. The lowest BCUT2D eigenvalue weighted by atomic mass is 10.1. The molecule has 0 bridgehead atoms. The number of hydrogen-bond donors (Lipinski definition) is 1. The van der Waals surface area contributed by atoms with Crippen LogP contribution in [-0.2, 0) is 17.9 Å². The smallest absolute Gasteiger partial charge is 0.223 e. The highest BCUT2D eigenvalue weighted by molar-refractivity contribution is 5.78. The molecule has 2 rings (SSSR count). The van der Waals surface area contributed by atoms with E-state index in [0.717, 1.165) is 32.6 Å². The van der Waals surface area contributed by atoms with E-state index >= 15 is 0 Å². The lowest BCUT2D eigenvalue weighted by Gasteiger charge is -2.34. The standard InChI is InChI=1S/C19H31N3O/c1-4-16(3)19(23)20-14-17-6-8-18(9-7-17)15-22-12-10-21(5-2)11-13-22/h6-9,16H,4-5,10-15H2,1-3H3,(H,20,23)/t16-/m1/s1. The average molecular weight is 317 g/mol. The molecule has 128 valence electrons. The maximum atomic E-state index is 11.8. The highest BCUT2D eigenvalue weighted by atomic mass is 16.1. The number of piperazine rings is 1. The number of amides is 1. The van der Waals surface area contributed by atoms with Crippen LogP contribution in [0, 0.1) is 5.92 Å². The van der Waals surface area contributed by atoms with Crippen LogP contribution in [0.2, 0.25) is 0 Å². The lowest BCUT2D eigenvalue weighted by Crippen LogP contribution is -2.45. The first-order valence-corrected chi connectivity index (χ1v) is 8.92. The van der Waals surface area contributed by atoms with Gasteiger partial charge >= 0.3 is 0 Å². The zero-order chi connectivity index (χ0) is 16.7. The van der Waals surface area contributed by atoms with Gasteiger partial charge in [-0.2, -0.15) is 0 Å². The molecule has 0 spiro atoms. The summed E-state index contributed by atoms with van der Waals surface area (Å²) in [6.07, 6.45) is 0.885. The van der Waals surface area contributed by atoms with E-state index in [2.05, 4.69) is 46.3 Å². The van der Waals surface area contributed by atoms with Gasteiger partial charge in [-0.25, -0.2) is 0 Å². The Morgan fingerprint density at radius 3 is 2.17 bits per heavy atom. The Hall–Kier alpha value is -1.39. The number of carbonyl (C=O) groups is 1. The third-order valence-corrected chi connectivity index (χ3v) is 4.87. The van der Waals surface area contributed by atoms with Crippen molar-refractivity contribution in [3.63, 3.8) is 0 Å². The monoisotopic (exact) mass is 317 g/mol. The van der Waals surface area contributed by atoms with E-state index in [0.29, 0.717) is 6.54 Å². The SMILES string of the molecule is CC[C@@H](C)C(=O)NCc1ccc(CN2CCN(CC)CC2)cc1. The second-order valence-electron chi connectivity index (χ2n) is 6.55. The Balaban J connectivity index is 1.77. The van der Waals surface area contributed by atoms with Crippen molar-refractivity contribution in [2.75, 3.05) is 32.7 Å². The molecule has 23 heavy (non-hydrogen) atoms. The fourth-order valence-corrected chi connectivity index (χ4v) is 2.83. The number of nitrogens with one attached hydrogen (secondary N) is 1. The summed E-state index contributed by atoms with van der Waals surface area (Å²) >= 11 is 0. The molecule has 0 saturated carbocycles. The van der Waals surface area contributed by atoms with Gasteiger partial charge < -0.3 is 10.2 Å². The summed E-state index contributed by atoms with van der Waals surface area (Å²) in [4.78, 5) is 16.8. The van der Waals surface area contributed by atoms with Crippen molar-refractivity contribution < 1.29 is 4.79 Å². The van der Waals surface area contributed by atoms with Gasteiger partial charge in [-0.15, -0.1) is 0 Å². The Morgan fingerprint density at radius 1 is 1.04 bits per heavy atom. The zero-order valence-corrected chi connectivity index (χ0v) is 14.8. The molecule has 1 N–H and O–H groups in total. The van der Waals surface area contributed by atoms with Crippen molar-refractivity contribution in [1.82, 2.24) is 15.1 Å². The van der Waals surface area contributed by atoms with E-state index in [1.807, 2.05) is 13.8 Å². The minimum absolute atomic E-state index is 0.0936. The van der Waals surface area contributed by atoms with E-state index in [1.54, 1.807) is 0 Å². The van der Waals surface area contributed by atoms with Crippen molar-refractivity contribution in [3.05, 3.63) is 35.4 Å². The third-order valence-electron chi connectivity index (χ3n) is 4.87. The quantitative estimate of drug-likeness (QED) is 0.839. The summed E-state index contributed by atoms with van der Waals surface area (Å²) in [5.41, 5.74) is 2.52. The number of rotatable bonds is 7. The number of nitrogens with zero attached hydrogens (tertiary/aromatic N) is 2. The van der Waals surface area contributed by atoms with Crippen LogP contribution in [0.1, 0.15) is 38.3 Å². The molecule has 0 aromatic heterocycles. The summed E-state index contributed by atoms with van der Waals surface area (Å²) in [6.45, 7) is 13.7. The summed E-state index contributed by atoms with van der Waals surface area (Å²) in [5, 5.41) is 3.01. The molecule has 4 nitrogen and oxygen atoms in total. The molecule has 1 aliphatic heterocycles. The van der Waals surface area contributed by atoms with Gasteiger partial charge in [0, 0.05) is 45.2 Å². The fourth-order valence-electron chi connectivity index (χ4n) is 2.83. The zero-order valence-electron chi connectivity index (χ0n) is 14.8. The predicted molar refractivity (Wildman–Crippen MR) is 95.1 cm³/mol. The van der Waals surface area contributed by atoms with Crippen LogP contribution in [0.4, 0.5) is 0 Å². The summed E-state index contributed by atoms with van der Waals surface area (Å²) < 4.78 is 0. The molecule has 4 heteroatoms. The van der Waals surface area contributed by atoms with Gasteiger partial charge in [0.25, 0.3) is 0 Å². The maximum absolute atomic E-state index is 11.8. The van der Waals surface area contributed by atoms with E-state index in [9.17, 15) is 4.79 Å². The van der Waals surface area contributed by atoms with Crippen molar-refractivity contribution in [1.29, 1.82) is 0 Å². The van der Waals surface area contributed by atoms with Crippen LogP contribution < -0.4 is 5.32 Å². The number of likely N-dealkylation sites (N-methyl/N-ethyl adjacent to an activating group) is 1. The van der Waals surface area contributed by atoms with Gasteiger partial charge in [-0.05, 0) is 24.1 Å². The van der Waals surface area contributed by atoms with Gasteiger partial charge in [0.15, 0.2) is 0 Å². The number of benzene rings is 1. The molecule has 1 saturated heterocycles. The van der Waals surface area contributed by atoms with Gasteiger partial charge in [0.1, 0.15) is 0 Å². The van der Waals surface area contributed by atoms with E-state index in [4.69, 9.17) is 0 Å². The Labute approximate surface area is 140 Å². The Bertz CT molecular complexity index is 478. The number of carbonyl (C=O) groups excluding carboxylic acids is 1. The molecule has 1 heterocycles.